The summed E-state index contributed by atoms with van der Waals surface area (Å²) in [6, 6.07) is 28.9. The Bertz CT molecular complexity index is 4150. The number of nitrogens with zero attached hydrogens (tertiary/aromatic N) is 8. The number of carbonyl (C=O) groups excluding carboxylic acids is 5. The summed E-state index contributed by atoms with van der Waals surface area (Å²) in [7, 11) is -4.46. The van der Waals surface area contributed by atoms with Crippen molar-refractivity contribution >= 4 is 89.1 Å². The number of pyridine rings is 1. The zero-order valence-corrected chi connectivity index (χ0v) is 55.1. The number of anilines is 3. The van der Waals surface area contributed by atoms with Crippen LogP contribution in [0.2, 0.25) is 0 Å². The monoisotopic (exact) mass is 1300 g/mol. The number of hydrogen-bond acceptors (Lipinski definition) is 16. The van der Waals surface area contributed by atoms with Crippen LogP contribution in [-0.2, 0) is 43.9 Å². The van der Waals surface area contributed by atoms with E-state index in [1.807, 2.05) is 123 Å². The summed E-state index contributed by atoms with van der Waals surface area (Å²) in [5, 5.41) is 25.2. The van der Waals surface area contributed by atoms with Crippen LogP contribution in [0.5, 0.6) is 0 Å². The molecule has 4 aromatic heterocycles. The van der Waals surface area contributed by atoms with Gasteiger partial charge in [0.25, 0.3) is 21.8 Å². The largest absolute Gasteiger partial charge is 0.391 e. The predicted molar refractivity (Wildman–Crippen MR) is 358 cm³/mol. The number of para-hydroxylation sites is 1. The number of amides is 5. The molecule has 0 bridgehead atoms. The van der Waals surface area contributed by atoms with Crippen LogP contribution in [0.4, 0.5) is 16.6 Å². The Balaban J connectivity index is 0.702. The van der Waals surface area contributed by atoms with Crippen molar-refractivity contribution in [2.45, 2.75) is 142 Å². The topological polar surface area (TPSA) is 254 Å². The predicted octanol–water partition coefficient (Wildman–Crippen LogP) is 10.4. The summed E-state index contributed by atoms with van der Waals surface area (Å²) in [4.78, 5) is 91.6. The number of nitrogens with one attached hydrogen (secondary N) is 4. The van der Waals surface area contributed by atoms with Crippen LogP contribution in [0.25, 0.3) is 31.8 Å². The number of sulfonamides is 1. The molecule has 23 heteroatoms. The van der Waals surface area contributed by atoms with Crippen molar-refractivity contribution in [3.63, 3.8) is 0 Å². The lowest BCUT2D eigenvalue weighted by atomic mass is 9.84. The summed E-state index contributed by atoms with van der Waals surface area (Å²) in [6.45, 7) is 13.8. The second kappa shape index (κ2) is 26.7. The molecule has 12 rings (SSSR count). The minimum Gasteiger partial charge on any atom is -0.391 e. The maximum absolute atomic E-state index is 14.7. The van der Waals surface area contributed by atoms with Crippen LogP contribution in [0.3, 0.4) is 0 Å². The third-order valence-electron chi connectivity index (χ3n) is 18.6. The summed E-state index contributed by atoms with van der Waals surface area (Å²) in [5.74, 6) is -1.84. The van der Waals surface area contributed by atoms with Gasteiger partial charge in [-0.3, -0.25) is 34.0 Å². The van der Waals surface area contributed by atoms with Crippen molar-refractivity contribution in [1.29, 1.82) is 0 Å². The summed E-state index contributed by atoms with van der Waals surface area (Å²) < 4.78 is 33.9. The Kier molecular flexibility index (Phi) is 18.5. The van der Waals surface area contributed by atoms with Gasteiger partial charge < -0.3 is 30.4 Å². The van der Waals surface area contributed by atoms with Gasteiger partial charge in [0.1, 0.15) is 23.6 Å². The molecule has 5 amide bonds. The van der Waals surface area contributed by atoms with Crippen molar-refractivity contribution in [2.75, 3.05) is 41.3 Å². The van der Waals surface area contributed by atoms with Crippen LogP contribution >= 0.6 is 22.7 Å². The van der Waals surface area contributed by atoms with Gasteiger partial charge >= 0.3 is 0 Å². The minimum atomic E-state index is -4.46. The van der Waals surface area contributed by atoms with E-state index in [9.17, 15) is 37.5 Å². The molecule has 92 heavy (non-hydrogen) atoms. The molecule has 20 nitrogen and oxygen atoms in total. The lowest BCUT2D eigenvalue weighted by Gasteiger charge is -2.38. The lowest BCUT2D eigenvalue weighted by Crippen LogP contribution is -2.59. The molecular formula is C69H78N12O8S3. The highest BCUT2D eigenvalue weighted by atomic mass is 32.2. The molecule has 0 radical (unpaired) electrons. The molecule has 2 saturated heterocycles. The van der Waals surface area contributed by atoms with Crippen LogP contribution in [0.15, 0.2) is 120 Å². The number of thiazole rings is 2. The van der Waals surface area contributed by atoms with E-state index in [1.54, 1.807) is 41.8 Å². The van der Waals surface area contributed by atoms with E-state index in [0.717, 1.165) is 73.8 Å². The van der Waals surface area contributed by atoms with Gasteiger partial charge in [-0.2, -0.15) is 5.10 Å². The van der Waals surface area contributed by atoms with Crippen LogP contribution in [-0.4, -0.2) is 117 Å². The highest BCUT2D eigenvalue weighted by molar-refractivity contribution is 7.90. The number of aromatic nitrogens is 5. The third kappa shape index (κ3) is 13.7. The fraction of sp³-hybridized carbons (Fsp3) is 0.406. The van der Waals surface area contributed by atoms with Crippen LogP contribution in [0, 0.1) is 31.1 Å². The Morgan fingerprint density at radius 2 is 1.53 bits per heavy atom. The number of hydrogen-bond donors (Lipinski definition) is 5. The molecule has 480 valence electrons. The number of fused-ring (bicyclic) bond motifs is 2. The van der Waals surface area contributed by atoms with E-state index in [1.165, 1.54) is 47.6 Å². The van der Waals surface area contributed by atoms with Crippen molar-refractivity contribution in [2.24, 2.45) is 17.3 Å². The summed E-state index contributed by atoms with van der Waals surface area (Å²) >= 11 is 2.97. The smallest absolute Gasteiger partial charge is 0.284 e. The fourth-order valence-corrected chi connectivity index (χ4v) is 16.0. The highest BCUT2D eigenvalue weighted by Gasteiger charge is 2.45. The average Bonchev–Trinajstić information content (AvgIpc) is 1.36. The van der Waals surface area contributed by atoms with E-state index in [4.69, 9.17) is 10.1 Å². The van der Waals surface area contributed by atoms with E-state index < -0.39 is 51.4 Å². The lowest BCUT2D eigenvalue weighted by molar-refractivity contribution is -0.144. The van der Waals surface area contributed by atoms with Crippen LogP contribution in [0.1, 0.15) is 134 Å². The molecule has 0 unspecified atom stereocenters. The molecule has 4 aliphatic rings. The van der Waals surface area contributed by atoms with Crippen molar-refractivity contribution in [1.82, 2.24) is 45.0 Å². The first-order valence-electron chi connectivity index (χ1n) is 31.7. The number of carbonyl (C=O) groups is 5. The van der Waals surface area contributed by atoms with Gasteiger partial charge in [-0.1, -0.05) is 99.9 Å². The van der Waals surface area contributed by atoms with Gasteiger partial charge in [-0.05, 0) is 141 Å². The second-order valence-electron chi connectivity index (χ2n) is 26.0. The van der Waals surface area contributed by atoms with E-state index in [2.05, 4.69) is 35.5 Å². The molecule has 1 aliphatic carbocycles. The van der Waals surface area contributed by atoms with Gasteiger partial charge in [-0.15, -0.1) is 11.3 Å². The highest BCUT2D eigenvalue weighted by Crippen LogP contribution is 2.36. The Hall–Kier alpha value is -8.38. The van der Waals surface area contributed by atoms with E-state index in [-0.39, 0.29) is 47.3 Å². The summed E-state index contributed by atoms with van der Waals surface area (Å²) in [6.07, 6.45) is 8.17. The number of aliphatic hydroxyl groups is 1. The first-order valence-corrected chi connectivity index (χ1v) is 34.9. The fourth-order valence-electron chi connectivity index (χ4n) is 13.3. The minimum absolute atomic E-state index is 0.0465. The number of piperidine rings is 1. The third-order valence-corrected chi connectivity index (χ3v) is 21.9. The van der Waals surface area contributed by atoms with Gasteiger partial charge in [0.2, 0.25) is 17.7 Å². The van der Waals surface area contributed by atoms with Gasteiger partial charge in [-0.25, -0.2) is 28.1 Å². The number of rotatable bonds is 17. The maximum Gasteiger partial charge on any atom is 0.284 e. The van der Waals surface area contributed by atoms with Gasteiger partial charge in [0.15, 0.2) is 5.13 Å². The number of benzene rings is 4. The number of aryl methyl sites for hydroxylation is 1. The molecule has 7 heterocycles. The maximum atomic E-state index is 14.7. The van der Waals surface area contributed by atoms with Crippen molar-refractivity contribution in [3.05, 3.63) is 154 Å². The first kappa shape index (κ1) is 63.8. The molecule has 5 N–H and O–H groups in total. The van der Waals surface area contributed by atoms with E-state index in [0.29, 0.717) is 79.0 Å². The zero-order valence-electron chi connectivity index (χ0n) is 52.6. The van der Waals surface area contributed by atoms with Gasteiger partial charge in [0.05, 0.1) is 49.5 Å². The number of likely N-dealkylation sites (tertiary alicyclic amines) is 1. The zero-order chi connectivity index (χ0) is 64.6. The second-order valence-corrected chi connectivity index (χ2v) is 29.5. The molecule has 4 atom stereocenters. The normalized spacial score (nSPS) is 18.1. The Morgan fingerprint density at radius 1 is 0.783 bits per heavy atom. The van der Waals surface area contributed by atoms with Crippen LogP contribution < -0.4 is 30.5 Å². The Labute approximate surface area is 544 Å². The quantitative estimate of drug-likeness (QED) is 0.0569. The average molecular weight is 1300 g/mol. The number of aliphatic hydroxyl groups excluding tert-OH is 1. The molecular weight excluding hydrogens is 1220 g/mol. The molecule has 3 aliphatic heterocycles. The SMILES string of the molecule is Cc1ncsc1-c1ccc([C@H](C)NC(=O)[C@@H]2C[C@@H](O)CN2C(=O)[C@@H](NC(=O)C2CCN(c3ccc(S(=O)(=O)NC(=O)c4nc(N5CCc6cccc(C(=O)Nc7nc8ccccc8s7)c6C5)ccc4-c4cnn(CC5CCCCC5)c4C)cc3)CC2)C(C)(C)C)cc1. The first-order chi connectivity index (χ1) is 44.1. The Morgan fingerprint density at radius 3 is 2.25 bits per heavy atom. The van der Waals surface area contributed by atoms with Crippen molar-refractivity contribution in [3.8, 4) is 21.6 Å². The van der Waals surface area contributed by atoms with Crippen molar-refractivity contribution < 1.29 is 37.5 Å². The molecule has 3 fully saturated rings. The molecule has 1 saturated carbocycles. The number of β-amino-alcohol motifs (C(OH)–C–C–N with tert-alkyl or cyclic N) is 1. The molecule has 4 aromatic carbocycles. The van der Waals surface area contributed by atoms with Gasteiger partial charge in [0, 0.05) is 79.7 Å². The molecule has 8 aromatic rings. The summed E-state index contributed by atoms with van der Waals surface area (Å²) in [5.41, 5.74) is 9.63. The molecule has 0 spiro atoms. The van der Waals surface area contributed by atoms with E-state index >= 15 is 0 Å². The standard InChI is InChI=1S/C69H78N12O8S3/c1-41(45-19-21-47(22-20-45)61-42(2)70-40-90-61)72-65(85)57-35-50(82)38-80(57)67(87)62(69(4,5)6)75-63(83)48-30-32-78(33-31-48)49-23-25-51(26-24-49)92(88,89)77-66(86)60-52(54-36-71-81(43(54)3)37-44-13-8-7-9-14-44)27-28-59(74-60)79-34-29-46-15-12-16-53(55(46)39-79)64(84)76-68-73-56-17-10-11-18-58(56)91-68/h10-12,15-28,36,40-41,44,48,50,57,62,82H,7-9,13-14,29-35,37-39H2,1-6H3,(H,72,85)(H,75,83)(H,77,86)(H,73,76,84)/t41-,50+,57-,62+/m0/s1.